The van der Waals surface area contributed by atoms with Crippen LogP contribution in [0.5, 0.6) is 5.75 Å². The molecule has 2 aromatic rings. The van der Waals surface area contributed by atoms with E-state index in [1.807, 2.05) is 24.3 Å². The lowest BCUT2D eigenvalue weighted by molar-refractivity contribution is 0.210. The van der Waals surface area contributed by atoms with Gasteiger partial charge in [-0.15, -0.1) is 0 Å². The van der Waals surface area contributed by atoms with Crippen LogP contribution in [0.3, 0.4) is 0 Å². The lowest BCUT2D eigenvalue weighted by Gasteiger charge is -2.28. The van der Waals surface area contributed by atoms with Crippen LogP contribution in [-0.4, -0.2) is 6.54 Å². The van der Waals surface area contributed by atoms with Crippen LogP contribution in [0, 0.1) is 0 Å². The Morgan fingerprint density at radius 1 is 1.00 bits per heavy atom. The molecule has 0 saturated carbocycles. The molecule has 0 bridgehead atoms. The summed E-state index contributed by atoms with van der Waals surface area (Å²) in [7, 11) is 0. The van der Waals surface area contributed by atoms with E-state index in [1.54, 1.807) is 12.1 Å². The minimum Gasteiger partial charge on any atom is -0.482 e. The maximum Gasteiger partial charge on any atom is 0.144 e. The van der Waals surface area contributed by atoms with Crippen LogP contribution in [0.4, 0.5) is 5.69 Å². The average Bonchev–Trinajstić information content (AvgIpc) is 2.41. The van der Waals surface area contributed by atoms with Crippen LogP contribution in [0.2, 0.25) is 15.1 Å². The van der Waals surface area contributed by atoms with Gasteiger partial charge in [0.2, 0.25) is 0 Å². The van der Waals surface area contributed by atoms with E-state index in [1.165, 1.54) is 0 Å². The number of fused-ring (bicyclic) bond motifs is 1. The second-order valence-corrected chi connectivity index (χ2v) is 5.55. The van der Waals surface area contributed by atoms with Crippen LogP contribution in [0.15, 0.2) is 36.4 Å². The van der Waals surface area contributed by atoms with Crippen LogP contribution in [-0.2, 0) is 0 Å². The molecule has 98 valence electrons. The first-order valence-electron chi connectivity index (χ1n) is 5.78. The van der Waals surface area contributed by atoms with Gasteiger partial charge in [0.15, 0.2) is 0 Å². The van der Waals surface area contributed by atoms with Crippen molar-refractivity contribution >= 4 is 40.5 Å². The third kappa shape index (κ3) is 2.62. The van der Waals surface area contributed by atoms with Gasteiger partial charge in [0, 0.05) is 11.1 Å². The Balaban J connectivity index is 1.90. The fraction of sp³-hybridized carbons (Fsp3) is 0.143. The average molecular weight is 315 g/mol. The second-order valence-electron chi connectivity index (χ2n) is 4.30. The Kier molecular flexibility index (Phi) is 3.48. The maximum absolute atomic E-state index is 6.03. The van der Waals surface area contributed by atoms with Crippen LogP contribution in [0.25, 0.3) is 0 Å². The van der Waals surface area contributed by atoms with Crippen molar-refractivity contribution in [1.29, 1.82) is 0 Å². The van der Waals surface area contributed by atoms with E-state index in [0.717, 1.165) is 17.0 Å². The number of benzene rings is 2. The first-order chi connectivity index (χ1) is 9.13. The van der Waals surface area contributed by atoms with E-state index in [2.05, 4.69) is 5.32 Å². The molecule has 2 aromatic carbocycles. The number of hydrogen-bond acceptors (Lipinski definition) is 2. The van der Waals surface area contributed by atoms with Gasteiger partial charge in [-0.05, 0) is 29.8 Å². The standard InChI is InChI=1S/C14H10Cl3NO/c15-9-2-4-12-13(6-9)19-14(7-18-12)8-1-3-10(16)11(17)5-8/h1-6,14,18H,7H2. The van der Waals surface area contributed by atoms with E-state index >= 15 is 0 Å². The van der Waals surface area contributed by atoms with Gasteiger partial charge in [-0.1, -0.05) is 40.9 Å². The lowest BCUT2D eigenvalue weighted by Crippen LogP contribution is -2.23. The van der Waals surface area contributed by atoms with Gasteiger partial charge in [-0.3, -0.25) is 0 Å². The van der Waals surface area contributed by atoms with Crippen LogP contribution in [0.1, 0.15) is 11.7 Å². The number of rotatable bonds is 1. The molecule has 2 nitrogen and oxygen atoms in total. The molecular weight excluding hydrogens is 305 g/mol. The zero-order valence-electron chi connectivity index (χ0n) is 9.79. The summed E-state index contributed by atoms with van der Waals surface area (Å²) in [6, 6.07) is 11.0. The molecule has 19 heavy (non-hydrogen) atoms. The molecule has 0 spiro atoms. The molecule has 3 rings (SSSR count). The summed E-state index contributed by atoms with van der Waals surface area (Å²) in [5.74, 6) is 0.745. The van der Waals surface area contributed by atoms with Crippen molar-refractivity contribution in [3.63, 3.8) is 0 Å². The third-order valence-corrected chi connectivity index (χ3v) is 3.98. The SMILES string of the molecule is Clc1ccc2c(c1)OC(c1ccc(Cl)c(Cl)c1)CN2. The highest BCUT2D eigenvalue weighted by atomic mass is 35.5. The quantitative estimate of drug-likeness (QED) is 0.782. The summed E-state index contributed by atoms with van der Waals surface area (Å²) in [5.41, 5.74) is 1.92. The first-order valence-corrected chi connectivity index (χ1v) is 6.92. The number of hydrogen-bond donors (Lipinski definition) is 1. The van der Waals surface area contributed by atoms with E-state index in [4.69, 9.17) is 39.5 Å². The minimum absolute atomic E-state index is 0.110. The third-order valence-electron chi connectivity index (χ3n) is 3.01. The molecule has 1 atom stereocenters. The molecule has 1 aliphatic rings. The summed E-state index contributed by atoms with van der Waals surface area (Å²) in [4.78, 5) is 0. The summed E-state index contributed by atoms with van der Waals surface area (Å²) < 4.78 is 5.94. The Bertz CT molecular complexity index is 630. The first kappa shape index (κ1) is 12.9. The fourth-order valence-electron chi connectivity index (χ4n) is 2.04. The van der Waals surface area contributed by atoms with E-state index < -0.39 is 0 Å². The highest BCUT2D eigenvalue weighted by molar-refractivity contribution is 6.42. The molecule has 0 aliphatic carbocycles. The van der Waals surface area contributed by atoms with Crippen LogP contribution >= 0.6 is 34.8 Å². The predicted molar refractivity (Wildman–Crippen MR) is 79.8 cm³/mol. The van der Waals surface area contributed by atoms with E-state index in [-0.39, 0.29) is 6.10 Å². The summed E-state index contributed by atoms with van der Waals surface area (Å²) >= 11 is 17.9. The number of nitrogens with one attached hydrogen (secondary N) is 1. The minimum atomic E-state index is -0.110. The molecule has 0 fully saturated rings. The van der Waals surface area contributed by atoms with Gasteiger partial charge in [-0.25, -0.2) is 0 Å². The van der Waals surface area contributed by atoms with Gasteiger partial charge in [0.25, 0.3) is 0 Å². The molecule has 1 N–H and O–H groups in total. The van der Waals surface area contributed by atoms with Gasteiger partial charge in [-0.2, -0.15) is 0 Å². The zero-order chi connectivity index (χ0) is 13.4. The van der Waals surface area contributed by atoms with Gasteiger partial charge in [0.05, 0.1) is 22.3 Å². The monoisotopic (exact) mass is 313 g/mol. The highest BCUT2D eigenvalue weighted by Crippen LogP contribution is 2.37. The normalized spacial score (nSPS) is 17.3. The van der Waals surface area contributed by atoms with Crippen molar-refractivity contribution in [2.75, 3.05) is 11.9 Å². The maximum atomic E-state index is 6.03. The smallest absolute Gasteiger partial charge is 0.144 e. The summed E-state index contributed by atoms with van der Waals surface area (Å²) in [6.45, 7) is 0.673. The van der Waals surface area contributed by atoms with Crippen molar-refractivity contribution in [3.05, 3.63) is 57.0 Å². The van der Waals surface area contributed by atoms with Crippen molar-refractivity contribution < 1.29 is 4.74 Å². The summed E-state index contributed by atoms with van der Waals surface area (Å²) in [6.07, 6.45) is -0.110. The lowest BCUT2D eigenvalue weighted by atomic mass is 10.1. The number of anilines is 1. The number of halogens is 3. The van der Waals surface area contributed by atoms with Gasteiger partial charge in [0.1, 0.15) is 11.9 Å². The Labute approximate surface area is 126 Å². The molecule has 0 aromatic heterocycles. The van der Waals surface area contributed by atoms with Gasteiger partial charge < -0.3 is 10.1 Å². The molecule has 0 saturated heterocycles. The van der Waals surface area contributed by atoms with Crippen LogP contribution < -0.4 is 10.1 Å². The summed E-state index contributed by atoms with van der Waals surface area (Å²) in [5, 5.41) is 5.03. The Morgan fingerprint density at radius 2 is 1.84 bits per heavy atom. The van der Waals surface area contributed by atoms with E-state index in [9.17, 15) is 0 Å². The van der Waals surface area contributed by atoms with Crippen molar-refractivity contribution in [3.8, 4) is 5.75 Å². The van der Waals surface area contributed by atoms with E-state index in [0.29, 0.717) is 21.6 Å². The fourth-order valence-corrected chi connectivity index (χ4v) is 2.50. The topological polar surface area (TPSA) is 21.3 Å². The highest BCUT2D eigenvalue weighted by Gasteiger charge is 2.21. The molecule has 1 heterocycles. The molecule has 1 unspecified atom stereocenters. The second kappa shape index (κ2) is 5.12. The Morgan fingerprint density at radius 3 is 2.63 bits per heavy atom. The predicted octanol–water partition coefficient (Wildman–Crippen LogP) is 5.19. The molecule has 1 aliphatic heterocycles. The van der Waals surface area contributed by atoms with Crippen molar-refractivity contribution in [2.24, 2.45) is 0 Å². The van der Waals surface area contributed by atoms with Crippen molar-refractivity contribution in [2.45, 2.75) is 6.10 Å². The molecule has 0 radical (unpaired) electrons. The zero-order valence-corrected chi connectivity index (χ0v) is 12.1. The largest absolute Gasteiger partial charge is 0.482 e. The number of ether oxygens (including phenoxy) is 1. The molecular formula is C14H10Cl3NO. The molecule has 5 heteroatoms. The molecule has 0 amide bonds. The Hall–Kier alpha value is -1.09. The van der Waals surface area contributed by atoms with Crippen molar-refractivity contribution in [1.82, 2.24) is 0 Å². The van der Waals surface area contributed by atoms with Gasteiger partial charge >= 0.3 is 0 Å².